The molecule has 0 saturated heterocycles. The summed E-state index contributed by atoms with van der Waals surface area (Å²) in [5.41, 5.74) is 0.815. The molecule has 0 heterocycles. The number of carbonyl (C=O) groups excluding carboxylic acids is 1. The van der Waals surface area contributed by atoms with E-state index in [0.717, 1.165) is 11.3 Å². The van der Waals surface area contributed by atoms with E-state index in [1.165, 1.54) is 0 Å². The van der Waals surface area contributed by atoms with Crippen molar-refractivity contribution in [2.24, 2.45) is 0 Å². The van der Waals surface area contributed by atoms with E-state index in [1.807, 2.05) is 6.26 Å². The highest BCUT2D eigenvalue weighted by Gasteiger charge is 2.07. The number of carbonyl (C=O) groups is 1. The molecule has 0 radical (unpaired) electrons. The Hall–Kier alpha value is -0.180. The molecule has 0 unspecified atom stereocenters. The quantitative estimate of drug-likeness (QED) is 0.802. The van der Waals surface area contributed by atoms with Gasteiger partial charge in [-0.3, -0.25) is 4.79 Å². The van der Waals surface area contributed by atoms with Crippen LogP contribution < -0.4 is 0 Å². The second kappa shape index (κ2) is 6.41. The third-order valence-electron chi connectivity index (χ3n) is 1.98. The second-order valence-electron chi connectivity index (χ2n) is 3.19. The van der Waals surface area contributed by atoms with Crippen molar-refractivity contribution in [3.8, 4) is 0 Å². The molecule has 0 aliphatic heterocycles. The molecule has 0 bridgehead atoms. The van der Waals surface area contributed by atoms with Gasteiger partial charge in [0, 0.05) is 22.9 Å². The minimum atomic E-state index is 0.202. The summed E-state index contributed by atoms with van der Waals surface area (Å²) in [5.74, 6) is 1.06. The lowest BCUT2D eigenvalue weighted by Gasteiger charge is -2.03. The van der Waals surface area contributed by atoms with Crippen LogP contribution in [0.3, 0.4) is 0 Å². The van der Waals surface area contributed by atoms with E-state index >= 15 is 0 Å². The Bertz CT molecular complexity index is 352. The molecule has 4 heteroatoms. The fourth-order valence-electron chi connectivity index (χ4n) is 1.20. The van der Waals surface area contributed by atoms with Gasteiger partial charge in [0.25, 0.3) is 0 Å². The summed E-state index contributed by atoms with van der Waals surface area (Å²) in [7, 11) is 0. The smallest absolute Gasteiger partial charge is 0.138 e. The van der Waals surface area contributed by atoms with Gasteiger partial charge in [0.05, 0.1) is 0 Å². The maximum absolute atomic E-state index is 11.5. The van der Waals surface area contributed by atoms with E-state index < -0.39 is 0 Å². The van der Waals surface area contributed by atoms with Crippen molar-refractivity contribution < 1.29 is 4.79 Å². The maximum atomic E-state index is 11.5. The third kappa shape index (κ3) is 4.45. The molecule has 1 aromatic carbocycles. The number of rotatable bonds is 5. The topological polar surface area (TPSA) is 17.1 Å². The van der Waals surface area contributed by atoms with Crippen LogP contribution in [-0.2, 0) is 11.2 Å². The number of Topliss-reactive ketones (excluding diaryl/α,β-unsaturated/α-hetero) is 1. The van der Waals surface area contributed by atoms with Gasteiger partial charge in [-0.15, -0.1) is 0 Å². The predicted octanol–water partition coefficient (Wildman–Crippen LogP) is 3.86. The summed E-state index contributed by atoms with van der Waals surface area (Å²) in [4.78, 5) is 11.5. The summed E-state index contributed by atoms with van der Waals surface area (Å²) in [6, 6.07) is 5.20. The highest BCUT2D eigenvalue weighted by Crippen LogP contribution is 2.21. The largest absolute Gasteiger partial charge is 0.299 e. The van der Waals surface area contributed by atoms with Crippen LogP contribution >= 0.6 is 35.0 Å². The molecule has 0 fully saturated rings. The molecule has 0 aromatic heterocycles. The Morgan fingerprint density at radius 3 is 2.80 bits per heavy atom. The number of hydrogen-bond donors (Lipinski definition) is 0. The van der Waals surface area contributed by atoms with Crippen molar-refractivity contribution in [1.29, 1.82) is 0 Å². The fourth-order valence-corrected chi connectivity index (χ4v) is 2.01. The Labute approximate surface area is 104 Å². The van der Waals surface area contributed by atoms with Gasteiger partial charge in [-0.1, -0.05) is 23.2 Å². The van der Waals surface area contributed by atoms with Gasteiger partial charge in [0.2, 0.25) is 0 Å². The first kappa shape index (κ1) is 12.9. The molecule has 0 amide bonds. The maximum Gasteiger partial charge on any atom is 0.138 e. The van der Waals surface area contributed by atoms with Crippen LogP contribution in [-0.4, -0.2) is 17.8 Å². The second-order valence-corrected chi connectivity index (χ2v) is 5.02. The molecule has 1 aromatic rings. The van der Waals surface area contributed by atoms with Crippen LogP contribution in [0.2, 0.25) is 10.0 Å². The summed E-state index contributed by atoms with van der Waals surface area (Å²) in [6.07, 6.45) is 2.95. The molecule has 0 spiro atoms. The number of ketones is 1. The average Bonchev–Trinajstić information content (AvgIpc) is 2.20. The number of halogens is 2. The van der Waals surface area contributed by atoms with Gasteiger partial charge in [0.15, 0.2) is 0 Å². The highest BCUT2D eigenvalue weighted by molar-refractivity contribution is 7.98. The standard InChI is InChI=1S/C11H12Cl2OS/c1-15-5-4-10(14)7-8-6-9(12)2-3-11(8)13/h2-3,6H,4-5,7H2,1H3. The number of thioether (sulfide) groups is 1. The first-order valence-electron chi connectivity index (χ1n) is 4.58. The number of benzene rings is 1. The Morgan fingerprint density at radius 1 is 1.40 bits per heavy atom. The van der Waals surface area contributed by atoms with Crippen LogP contribution in [0.4, 0.5) is 0 Å². The Balaban J connectivity index is 2.63. The van der Waals surface area contributed by atoms with Crippen LogP contribution in [0.15, 0.2) is 18.2 Å². The minimum Gasteiger partial charge on any atom is -0.299 e. The molecular weight excluding hydrogens is 251 g/mol. The average molecular weight is 263 g/mol. The zero-order chi connectivity index (χ0) is 11.3. The van der Waals surface area contributed by atoms with Crippen LogP contribution in [0.25, 0.3) is 0 Å². The summed E-state index contributed by atoms with van der Waals surface area (Å²) in [5, 5.41) is 1.23. The number of hydrogen-bond acceptors (Lipinski definition) is 2. The molecule has 0 saturated carbocycles. The molecule has 0 N–H and O–H groups in total. The first-order valence-corrected chi connectivity index (χ1v) is 6.73. The predicted molar refractivity (Wildman–Crippen MR) is 68.2 cm³/mol. The summed E-state index contributed by atoms with van der Waals surface area (Å²) in [6.45, 7) is 0. The van der Waals surface area contributed by atoms with Gasteiger partial charge >= 0.3 is 0 Å². The van der Waals surface area contributed by atoms with Gasteiger partial charge in [0.1, 0.15) is 5.78 Å². The monoisotopic (exact) mass is 262 g/mol. The van der Waals surface area contributed by atoms with Gasteiger partial charge in [-0.2, -0.15) is 11.8 Å². The SMILES string of the molecule is CSCCC(=O)Cc1cc(Cl)ccc1Cl. The Morgan fingerprint density at radius 2 is 2.13 bits per heavy atom. The zero-order valence-electron chi connectivity index (χ0n) is 8.43. The molecule has 0 aliphatic carbocycles. The van der Waals surface area contributed by atoms with Gasteiger partial charge < -0.3 is 0 Å². The molecule has 1 nitrogen and oxygen atoms in total. The Kier molecular flexibility index (Phi) is 5.51. The van der Waals surface area contributed by atoms with E-state index in [9.17, 15) is 4.79 Å². The molecule has 0 atom stereocenters. The third-order valence-corrected chi connectivity index (χ3v) is 3.20. The van der Waals surface area contributed by atoms with Crippen molar-refractivity contribution in [3.63, 3.8) is 0 Å². The minimum absolute atomic E-state index is 0.202. The van der Waals surface area contributed by atoms with Crippen molar-refractivity contribution in [2.75, 3.05) is 12.0 Å². The lowest BCUT2D eigenvalue weighted by Crippen LogP contribution is -2.04. The highest BCUT2D eigenvalue weighted by atomic mass is 35.5. The fraction of sp³-hybridized carbons (Fsp3) is 0.364. The van der Waals surface area contributed by atoms with Crippen LogP contribution in [0.1, 0.15) is 12.0 Å². The lowest BCUT2D eigenvalue weighted by atomic mass is 10.1. The van der Waals surface area contributed by atoms with E-state index in [2.05, 4.69) is 0 Å². The van der Waals surface area contributed by atoms with E-state index in [-0.39, 0.29) is 5.78 Å². The molecule has 82 valence electrons. The van der Waals surface area contributed by atoms with Crippen molar-refractivity contribution >= 4 is 40.7 Å². The molecule has 0 aliphatic rings. The van der Waals surface area contributed by atoms with Crippen molar-refractivity contribution in [3.05, 3.63) is 33.8 Å². The normalized spacial score (nSPS) is 10.3. The molecular formula is C11H12Cl2OS. The van der Waals surface area contributed by atoms with Gasteiger partial charge in [-0.05, 0) is 35.8 Å². The molecule has 1 rings (SSSR count). The first-order chi connectivity index (χ1) is 7.13. The van der Waals surface area contributed by atoms with Crippen molar-refractivity contribution in [2.45, 2.75) is 12.8 Å². The van der Waals surface area contributed by atoms with Gasteiger partial charge in [-0.25, -0.2) is 0 Å². The van der Waals surface area contributed by atoms with Crippen molar-refractivity contribution in [1.82, 2.24) is 0 Å². The van der Waals surface area contributed by atoms with E-state index in [0.29, 0.717) is 22.9 Å². The van der Waals surface area contributed by atoms with E-state index in [4.69, 9.17) is 23.2 Å². The van der Waals surface area contributed by atoms with Crippen LogP contribution in [0.5, 0.6) is 0 Å². The molecule has 15 heavy (non-hydrogen) atoms. The van der Waals surface area contributed by atoms with Crippen LogP contribution in [0, 0.1) is 0 Å². The zero-order valence-corrected chi connectivity index (χ0v) is 10.8. The summed E-state index contributed by atoms with van der Waals surface area (Å²) >= 11 is 13.5. The lowest BCUT2D eigenvalue weighted by molar-refractivity contribution is -0.118. The summed E-state index contributed by atoms with van der Waals surface area (Å²) < 4.78 is 0. The van der Waals surface area contributed by atoms with E-state index in [1.54, 1.807) is 30.0 Å².